The second-order valence-corrected chi connectivity index (χ2v) is 14.8. The zero-order valence-corrected chi connectivity index (χ0v) is 29.3. The molecular formula is C39H51FN2O6. The lowest BCUT2D eigenvalue weighted by atomic mass is 9.81. The average Bonchev–Trinajstić information content (AvgIpc) is 3.04. The third-order valence-corrected chi connectivity index (χ3v) is 9.20. The van der Waals surface area contributed by atoms with Crippen molar-refractivity contribution in [2.24, 2.45) is 5.41 Å². The van der Waals surface area contributed by atoms with E-state index in [1.54, 1.807) is 12.1 Å². The van der Waals surface area contributed by atoms with Crippen LogP contribution in [0, 0.1) is 18.2 Å². The molecular weight excluding hydrogens is 611 g/mol. The summed E-state index contributed by atoms with van der Waals surface area (Å²) in [5.74, 6) is -0.591. The van der Waals surface area contributed by atoms with Crippen LogP contribution in [-0.4, -0.2) is 60.7 Å². The number of ether oxygens (including phenoxy) is 4. The summed E-state index contributed by atoms with van der Waals surface area (Å²) >= 11 is 0. The van der Waals surface area contributed by atoms with Crippen LogP contribution in [0.15, 0.2) is 48.5 Å². The number of piperidine rings is 1. The molecule has 0 spiro atoms. The summed E-state index contributed by atoms with van der Waals surface area (Å²) in [6.45, 7) is 15.7. The Balaban J connectivity index is 1.57. The van der Waals surface area contributed by atoms with Gasteiger partial charge < -0.3 is 29.0 Å². The maximum Gasteiger partial charge on any atom is 0.337 e. The molecule has 0 bridgehead atoms. The first-order valence-corrected chi connectivity index (χ1v) is 17.2. The Morgan fingerprint density at radius 2 is 1.71 bits per heavy atom. The van der Waals surface area contributed by atoms with Gasteiger partial charge in [0.05, 0.1) is 36.3 Å². The minimum atomic E-state index is -1.21. The van der Waals surface area contributed by atoms with E-state index in [0.29, 0.717) is 49.9 Å². The summed E-state index contributed by atoms with van der Waals surface area (Å²) in [5.41, 5.74) is 5.09. The van der Waals surface area contributed by atoms with Crippen LogP contribution >= 0.6 is 0 Å². The number of aliphatic carboxylic acids is 1. The molecule has 5 rings (SSSR count). The predicted octanol–water partition coefficient (Wildman–Crippen LogP) is 8.08. The third-order valence-electron chi connectivity index (χ3n) is 9.20. The number of rotatable bonds is 12. The normalized spacial score (nSPS) is 17.7. The molecule has 260 valence electrons. The van der Waals surface area contributed by atoms with Gasteiger partial charge in [-0.1, -0.05) is 38.1 Å². The number of halogens is 1. The van der Waals surface area contributed by atoms with Crippen LogP contribution in [0.1, 0.15) is 88.9 Å². The van der Waals surface area contributed by atoms with Crippen molar-refractivity contribution in [3.05, 3.63) is 76.9 Å². The number of aromatic nitrogens is 1. The Labute approximate surface area is 284 Å². The maximum absolute atomic E-state index is 13.3. The molecule has 9 heteroatoms. The van der Waals surface area contributed by atoms with Crippen molar-refractivity contribution < 1.29 is 33.2 Å². The van der Waals surface area contributed by atoms with E-state index < -0.39 is 17.7 Å². The van der Waals surface area contributed by atoms with Gasteiger partial charge in [-0.05, 0) is 94.2 Å². The smallest absolute Gasteiger partial charge is 0.337 e. The van der Waals surface area contributed by atoms with Gasteiger partial charge in [-0.25, -0.2) is 9.18 Å². The number of pyridine rings is 1. The molecule has 2 saturated heterocycles. The van der Waals surface area contributed by atoms with Gasteiger partial charge in [0.2, 0.25) is 0 Å². The molecule has 0 saturated carbocycles. The monoisotopic (exact) mass is 662 g/mol. The summed E-state index contributed by atoms with van der Waals surface area (Å²) in [6, 6.07) is 14.4. The molecule has 1 aromatic heterocycles. The van der Waals surface area contributed by atoms with E-state index in [4.69, 9.17) is 23.9 Å². The zero-order valence-electron chi connectivity index (χ0n) is 29.3. The third kappa shape index (κ3) is 9.33. The van der Waals surface area contributed by atoms with E-state index in [-0.39, 0.29) is 17.3 Å². The molecule has 1 atom stereocenters. The van der Waals surface area contributed by atoms with Gasteiger partial charge in [-0.3, -0.25) is 4.98 Å². The van der Waals surface area contributed by atoms with E-state index in [1.807, 2.05) is 52.0 Å². The summed E-state index contributed by atoms with van der Waals surface area (Å²) in [5, 5.41) is 10.6. The Morgan fingerprint density at radius 3 is 2.31 bits per heavy atom. The molecule has 0 amide bonds. The molecule has 0 radical (unpaired) electrons. The van der Waals surface area contributed by atoms with Crippen LogP contribution in [0.3, 0.4) is 0 Å². The van der Waals surface area contributed by atoms with Gasteiger partial charge in [0.25, 0.3) is 0 Å². The summed E-state index contributed by atoms with van der Waals surface area (Å²) in [7, 11) is 0. The summed E-state index contributed by atoms with van der Waals surface area (Å²) < 4.78 is 37.7. The molecule has 1 unspecified atom stereocenters. The molecule has 8 nitrogen and oxygen atoms in total. The standard InChI is InChI=1S/C39H51FN2O6/c1-26-33(36(37(43)44)48-38(2,3)4)35(42-20-18-39(5,6)19-21-42)34(32(41-26)25-47-31-16-22-45-23-17-31)28-9-13-30(14-10-28)46-24-15-27-7-11-29(40)12-8-27/h7-14,31,36H,15-25H2,1-6H3,(H,43,44). The number of carboxylic acid groups (broad SMARTS) is 1. The first-order chi connectivity index (χ1) is 22.8. The van der Waals surface area contributed by atoms with Crippen LogP contribution in [0.5, 0.6) is 5.75 Å². The molecule has 2 aliphatic rings. The summed E-state index contributed by atoms with van der Waals surface area (Å²) in [6.07, 6.45) is 3.11. The molecule has 2 aromatic carbocycles. The minimum absolute atomic E-state index is 0.0699. The SMILES string of the molecule is Cc1nc(COC2CCOCC2)c(-c2ccc(OCCc3ccc(F)cc3)cc2)c(N2CCC(C)(C)CC2)c1C(OC(C)(C)C)C(=O)O. The van der Waals surface area contributed by atoms with Crippen molar-refractivity contribution in [1.29, 1.82) is 0 Å². The Bertz CT molecular complexity index is 1520. The maximum atomic E-state index is 13.3. The van der Waals surface area contributed by atoms with Crippen molar-refractivity contribution in [2.75, 3.05) is 37.8 Å². The molecule has 3 heterocycles. The number of carbonyl (C=O) groups is 1. The van der Waals surface area contributed by atoms with Gasteiger partial charge in [0.1, 0.15) is 11.6 Å². The van der Waals surface area contributed by atoms with Gasteiger partial charge in [0.15, 0.2) is 6.10 Å². The Hall–Kier alpha value is -3.53. The number of anilines is 1. The number of benzene rings is 2. The zero-order chi connectivity index (χ0) is 34.5. The highest BCUT2D eigenvalue weighted by Crippen LogP contribution is 2.45. The number of hydrogen-bond acceptors (Lipinski definition) is 7. The van der Waals surface area contributed by atoms with Crippen LogP contribution in [-0.2, 0) is 32.0 Å². The van der Waals surface area contributed by atoms with Crippen LogP contribution in [0.4, 0.5) is 10.1 Å². The lowest BCUT2D eigenvalue weighted by Gasteiger charge is -2.41. The highest BCUT2D eigenvalue weighted by atomic mass is 19.1. The lowest BCUT2D eigenvalue weighted by Crippen LogP contribution is -2.39. The Kier molecular flexibility index (Phi) is 11.4. The average molecular weight is 663 g/mol. The topological polar surface area (TPSA) is 90.4 Å². The number of hydrogen-bond donors (Lipinski definition) is 1. The van der Waals surface area contributed by atoms with E-state index in [1.165, 1.54) is 12.1 Å². The predicted molar refractivity (Wildman–Crippen MR) is 185 cm³/mol. The lowest BCUT2D eigenvalue weighted by molar-refractivity contribution is -0.160. The number of nitrogens with zero attached hydrogens (tertiary/aromatic N) is 2. The van der Waals surface area contributed by atoms with Crippen molar-refractivity contribution in [1.82, 2.24) is 4.98 Å². The molecule has 1 N–H and O–H groups in total. The molecule has 48 heavy (non-hydrogen) atoms. The van der Waals surface area contributed by atoms with Crippen LogP contribution < -0.4 is 9.64 Å². The second kappa shape index (κ2) is 15.3. The minimum Gasteiger partial charge on any atom is -0.493 e. The molecule has 2 fully saturated rings. The van der Waals surface area contributed by atoms with E-state index in [0.717, 1.165) is 66.8 Å². The molecule has 2 aliphatic heterocycles. The first-order valence-electron chi connectivity index (χ1n) is 17.2. The quantitative estimate of drug-likeness (QED) is 0.208. The van der Waals surface area contributed by atoms with Gasteiger partial charge in [0, 0.05) is 49.5 Å². The highest BCUT2D eigenvalue weighted by Gasteiger charge is 2.37. The van der Waals surface area contributed by atoms with Gasteiger partial charge in [-0.15, -0.1) is 0 Å². The fourth-order valence-electron chi connectivity index (χ4n) is 6.43. The second-order valence-electron chi connectivity index (χ2n) is 14.8. The summed E-state index contributed by atoms with van der Waals surface area (Å²) in [4.78, 5) is 20.4. The van der Waals surface area contributed by atoms with E-state index >= 15 is 0 Å². The molecule has 3 aromatic rings. The van der Waals surface area contributed by atoms with Gasteiger partial charge >= 0.3 is 5.97 Å². The number of aryl methyl sites for hydroxylation is 1. The molecule has 0 aliphatic carbocycles. The van der Waals surface area contributed by atoms with Crippen LogP contribution in [0.25, 0.3) is 11.1 Å². The fourth-order valence-corrected chi connectivity index (χ4v) is 6.43. The number of carboxylic acids is 1. The fraction of sp³-hybridized carbons (Fsp3) is 0.538. The van der Waals surface area contributed by atoms with Crippen molar-refractivity contribution in [2.45, 2.75) is 98.1 Å². The van der Waals surface area contributed by atoms with Crippen molar-refractivity contribution in [3.8, 4) is 16.9 Å². The van der Waals surface area contributed by atoms with E-state index in [9.17, 15) is 14.3 Å². The Morgan fingerprint density at radius 1 is 1.06 bits per heavy atom. The first kappa shape index (κ1) is 35.8. The van der Waals surface area contributed by atoms with Gasteiger partial charge in [-0.2, -0.15) is 0 Å². The highest BCUT2D eigenvalue weighted by molar-refractivity contribution is 5.88. The largest absolute Gasteiger partial charge is 0.493 e. The van der Waals surface area contributed by atoms with Crippen LogP contribution in [0.2, 0.25) is 0 Å². The van der Waals surface area contributed by atoms with Crippen molar-refractivity contribution >= 4 is 11.7 Å². The van der Waals surface area contributed by atoms with E-state index in [2.05, 4.69) is 18.7 Å². The van der Waals surface area contributed by atoms with Crippen molar-refractivity contribution in [3.63, 3.8) is 0 Å².